The van der Waals surface area contributed by atoms with Gasteiger partial charge in [0.1, 0.15) is 0 Å². The molecule has 0 aliphatic rings. The number of hydrogen-bond donors (Lipinski definition) is 0. The first-order chi connectivity index (χ1) is 1.41. The second kappa shape index (κ2) is 20.7. The van der Waals surface area contributed by atoms with E-state index in [1.165, 1.54) is 0 Å². The van der Waals surface area contributed by atoms with E-state index in [4.69, 9.17) is 5.11 Å². The van der Waals surface area contributed by atoms with Gasteiger partial charge in [-0.3, -0.25) is 4.70 Å². The summed E-state index contributed by atoms with van der Waals surface area (Å²) in [6, 6.07) is 0. The van der Waals surface area contributed by atoms with Gasteiger partial charge >= 0.3 is 29.6 Å². The molecule has 0 radical (unpaired) electrons. The largest absolute Gasteiger partial charge is 1.00 e. The van der Waals surface area contributed by atoms with Crippen LogP contribution in [-0.2, 0) is 0 Å². The third-order valence-electron chi connectivity index (χ3n) is 0. The zero-order valence-corrected chi connectivity index (χ0v) is 5.52. The Kier molecular flexibility index (Phi) is 69.9. The monoisotopic (exact) mass is 88.0 g/mol. The predicted molar refractivity (Wildman–Crippen MR) is 13.0 cm³/mol. The van der Waals surface area contributed by atoms with E-state index >= 15 is 0 Å². The fourth-order valence-corrected chi connectivity index (χ4v) is 0. The summed E-state index contributed by atoms with van der Waals surface area (Å²) in [5.41, 5.74) is 0. The molecule has 0 heterocycles. The molecule has 0 spiro atoms. The van der Waals surface area contributed by atoms with Crippen LogP contribution in [0.5, 0.6) is 0 Å². The summed E-state index contributed by atoms with van der Waals surface area (Å²) in [4.78, 5) is 0. The Bertz CT molecular complexity index is 9.61. The minimum atomic E-state index is 0. The molecule has 5 heavy (non-hydrogen) atoms. The zero-order valence-electron chi connectivity index (χ0n) is 3.52. The Labute approximate surface area is 53.0 Å². The fraction of sp³-hybridized carbons (Fsp3) is 1.00. The molecule has 0 rings (SSSR count). The Morgan fingerprint density at radius 1 is 1.60 bits per heavy atom. The first-order valence-electron chi connectivity index (χ1n) is 0.996. The minimum absolute atomic E-state index is 0. The molecule has 0 saturated heterocycles. The molecular weight excluding hydrogens is 82.0 g/mol. The third-order valence-corrected chi connectivity index (χ3v) is 0. The van der Waals surface area contributed by atoms with Gasteiger partial charge in [-0.05, 0) is 0 Å². The number of rotatable bonds is 0. The van der Waals surface area contributed by atoms with Gasteiger partial charge in [-0.15, -0.1) is 6.61 Å². The maximum Gasteiger partial charge on any atom is 1.00 e. The maximum atomic E-state index is 8.93. The average Bonchev–Trinajstić information content (AvgIpc) is 0.918. The molecule has 0 aromatic rings. The van der Waals surface area contributed by atoms with Gasteiger partial charge in [0.05, 0.1) is 0 Å². The Hall–Kier alpha value is 0.890. The van der Waals surface area contributed by atoms with Crippen LogP contribution in [0.15, 0.2) is 0 Å². The molecular formula is C2H6FNaO. The van der Waals surface area contributed by atoms with E-state index in [0.29, 0.717) is 0 Å². The van der Waals surface area contributed by atoms with Crippen molar-refractivity contribution in [1.29, 1.82) is 0 Å². The molecule has 0 aliphatic carbocycles. The molecule has 0 amide bonds. The van der Waals surface area contributed by atoms with E-state index in [1.807, 2.05) is 0 Å². The quantitative estimate of drug-likeness (QED) is 0.282. The summed E-state index contributed by atoms with van der Waals surface area (Å²) in [5.74, 6) is 0. The van der Waals surface area contributed by atoms with Crippen LogP contribution in [0.25, 0.3) is 0 Å². The van der Waals surface area contributed by atoms with Crippen LogP contribution in [0.1, 0.15) is 6.92 Å². The summed E-state index contributed by atoms with van der Waals surface area (Å²) >= 11 is 0. The van der Waals surface area contributed by atoms with Crippen LogP contribution in [0.2, 0.25) is 0 Å². The molecule has 0 unspecified atom stereocenters. The predicted octanol–water partition coefficient (Wildman–Crippen LogP) is -3.48. The number of halogens is 1. The fourth-order valence-electron chi connectivity index (χ4n) is 0. The molecule has 0 atom stereocenters. The minimum Gasteiger partial charge on any atom is -0.855 e. The maximum absolute atomic E-state index is 8.93. The van der Waals surface area contributed by atoms with E-state index in [1.54, 1.807) is 6.92 Å². The van der Waals surface area contributed by atoms with Gasteiger partial charge in [0.25, 0.3) is 0 Å². The van der Waals surface area contributed by atoms with Crippen molar-refractivity contribution in [2.45, 2.75) is 6.92 Å². The van der Waals surface area contributed by atoms with Crippen molar-refractivity contribution < 1.29 is 39.4 Å². The molecule has 0 aromatic heterocycles. The van der Waals surface area contributed by atoms with Crippen LogP contribution >= 0.6 is 0 Å². The zero-order chi connectivity index (χ0) is 2.71. The molecule has 0 N–H and O–H groups in total. The van der Waals surface area contributed by atoms with Crippen LogP contribution in [0.3, 0.4) is 0 Å². The average molecular weight is 88.1 g/mol. The molecule has 0 bridgehead atoms. The van der Waals surface area contributed by atoms with Gasteiger partial charge in [-0.25, -0.2) is 0 Å². The Morgan fingerprint density at radius 3 is 1.60 bits per heavy atom. The second-order valence-electron chi connectivity index (χ2n) is 0.289. The smallest absolute Gasteiger partial charge is 0.855 e. The van der Waals surface area contributed by atoms with Gasteiger partial charge in [0, 0.05) is 0 Å². The van der Waals surface area contributed by atoms with E-state index in [9.17, 15) is 0 Å². The van der Waals surface area contributed by atoms with Gasteiger partial charge in [-0.1, -0.05) is 6.92 Å². The van der Waals surface area contributed by atoms with E-state index < -0.39 is 0 Å². The Morgan fingerprint density at radius 2 is 1.60 bits per heavy atom. The molecule has 28 valence electrons. The van der Waals surface area contributed by atoms with Crippen molar-refractivity contribution in [2.75, 3.05) is 6.61 Å². The van der Waals surface area contributed by atoms with Crippen molar-refractivity contribution in [2.24, 2.45) is 0 Å². The SMILES string of the molecule is CC[O-].F.[Na+]. The van der Waals surface area contributed by atoms with Gasteiger partial charge in [-0.2, -0.15) is 0 Å². The molecule has 0 fully saturated rings. The topological polar surface area (TPSA) is 23.1 Å². The van der Waals surface area contributed by atoms with Crippen molar-refractivity contribution in [3.63, 3.8) is 0 Å². The normalized spacial score (nSPS) is 3.60. The van der Waals surface area contributed by atoms with Gasteiger partial charge in [0.15, 0.2) is 0 Å². The summed E-state index contributed by atoms with van der Waals surface area (Å²) < 4.78 is 0. The van der Waals surface area contributed by atoms with Gasteiger partial charge < -0.3 is 5.11 Å². The summed E-state index contributed by atoms with van der Waals surface area (Å²) in [6.07, 6.45) is 0. The van der Waals surface area contributed by atoms with Gasteiger partial charge in [0.2, 0.25) is 0 Å². The summed E-state index contributed by atoms with van der Waals surface area (Å²) in [7, 11) is 0. The van der Waals surface area contributed by atoms with Crippen molar-refractivity contribution in [3.05, 3.63) is 0 Å². The van der Waals surface area contributed by atoms with E-state index in [-0.39, 0.29) is 40.9 Å². The Balaban J connectivity index is -0.0000000200. The number of hydrogen-bond acceptors (Lipinski definition) is 1. The third kappa shape index (κ3) is 51.6. The molecule has 1 nitrogen and oxygen atoms in total. The van der Waals surface area contributed by atoms with E-state index in [0.717, 1.165) is 0 Å². The summed E-state index contributed by atoms with van der Waals surface area (Å²) in [5, 5.41) is 8.93. The summed E-state index contributed by atoms with van der Waals surface area (Å²) in [6.45, 7) is 1.57. The van der Waals surface area contributed by atoms with Crippen LogP contribution in [0.4, 0.5) is 4.70 Å². The van der Waals surface area contributed by atoms with Crippen molar-refractivity contribution in [3.8, 4) is 0 Å². The first-order valence-corrected chi connectivity index (χ1v) is 0.996. The molecule has 0 aliphatic heterocycles. The molecule has 0 saturated carbocycles. The van der Waals surface area contributed by atoms with Crippen molar-refractivity contribution in [1.82, 2.24) is 0 Å². The van der Waals surface area contributed by atoms with Crippen molar-refractivity contribution >= 4 is 0 Å². The van der Waals surface area contributed by atoms with Crippen LogP contribution < -0.4 is 34.7 Å². The standard InChI is InChI=1S/C2H5O.FH.Na/c1-2-3;;/h2H2,1H3;1H;/q-1;;+1. The van der Waals surface area contributed by atoms with Crippen LogP contribution in [0, 0.1) is 0 Å². The second-order valence-corrected chi connectivity index (χ2v) is 0.289. The van der Waals surface area contributed by atoms with E-state index in [2.05, 4.69) is 0 Å². The molecule has 0 aromatic carbocycles. The first kappa shape index (κ1) is 16.9. The molecule has 3 heteroatoms. The van der Waals surface area contributed by atoms with Crippen LogP contribution in [-0.4, -0.2) is 6.61 Å².